The first-order valence-electron chi connectivity index (χ1n) is 7.40. The summed E-state index contributed by atoms with van der Waals surface area (Å²) >= 11 is 0. The van der Waals surface area contributed by atoms with Crippen LogP contribution < -0.4 is 5.32 Å². The molecule has 1 aliphatic heterocycles. The van der Waals surface area contributed by atoms with E-state index in [2.05, 4.69) is 29.6 Å². The SMILES string of the molecule is O=C(C=CCCCc1ccccc1)NCC1CCOC1. The normalized spacial score (nSPS) is 18.5. The van der Waals surface area contributed by atoms with Gasteiger partial charge >= 0.3 is 0 Å². The molecular formula is C17H23NO2. The average molecular weight is 273 g/mol. The van der Waals surface area contributed by atoms with Gasteiger partial charge in [-0.15, -0.1) is 0 Å². The maximum atomic E-state index is 11.6. The molecule has 0 aromatic heterocycles. The number of aryl methyl sites for hydroxylation is 1. The summed E-state index contributed by atoms with van der Waals surface area (Å²) in [6.07, 6.45) is 7.75. The molecule has 2 rings (SSSR count). The third kappa shape index (κ3) is 5.57. The predicted molar refractivity (Wildman–Crippen MR) is 80.5 cm³/mol. The van der Waals surface area contributed by atoms with Crippen LogP contribution in [-0.4, -0.2) is 25.7 Å². The van der Waals surface area contributed by atoms with E-state index in [1.807, 2.05) is 12.1 Å². The Morgan fingerprint density at radius 3 is 2.95 bits per heavy atom. The lowest BCUT2D eigenvalue weighted by molar-refractivity contribution is -0.116. The van der Waals surface area contributed by atoms with E-state index in [9.17, 15) is 4.79 Å². The number of benzene rings is 1. The molecule has 1 aliphatic rings. The topological polar surface area (TPSA) is 38.3 Å². The summed E-state index contributed by atoms with van der Waals surface area (Å²) in [6, 6.07) is 10.4. The van der Waals surface area contributed by atoms with E-state index >= 15 is 0 Å². The predicted octanol–water partition coefficient (Wildman–Crippen LogP) is 2.72. The molecule has 0 radical (unpaired) electrons. The van der Waals surface area contributed by atoms with E-state index in [0.29, 0.717) is 5.92 Å². The monoisotopic (exact) mass is 273 g/mol. The van der Waals surface area contributed by atoms with Crippen molar-refractivity contribution >= 4 is 5.91 Å². The molecule has 0 bridgehead atoms. The lowest BCUT2D eigenvalue weighted by Crippen LogP contribution is -2.27. The molecule has 1 heterocycles. The van der Waals surface area contributed by atoms with Gasteiger partial charge in [0.25, 0.3) is 0 Å². The van der Waals surface area contributed by atoms with Crippen molar-refractivity contribution in [1.29, 1.82) is 0 Å². The molecule has 0 aliphatic carbocycles. The van der Waals surface area contributed by atoms with Gasteiger partial charge in [0.2, 0.25) is 5.91 Å². The highest BCUT2D eigenvalue weighted by Gasteiger charge is 2.15. The first kappa shape index (κ1) is 14.8. The van der Waals surface area contributed by atoms with E-state index in [1.165, 1.54) is 5.56 Å². The van der Waals surface area contributed by atoms with Crippen LogP contribution in [0.15, 0.2) is 42.5 Å². The maximum absolute atomic E-state index is 11.6. The van der Waals surface area contributed by atoms with Crippen LogP contribution in [0.2, 0.25) is 0 Å². The fraction of sp³-hybridized carbons (Fsp3) is 0.471. The maximum Gasteiger partial charge on any atom is 0.243 e. The summed E-state index contributed by atoms with van der Waals surface area (Å²) in [4.78, 5) is 11.6. The minimum absolute atomic E-state index is 0.0108. The second kappa shape index (κ2) is 8.54. The molecule has 108 valence electrons. The number of hydrogen-bond acceptors (Lipinski definition) is 2. The van der Waals surface area contributed by atoms with E-state index in [1.54, 1.807) is 6.08 Å². The summed E-state index contributed by atoms with van der Waals surface area (Å²) in [5, 5.41) is 2.93. The van der Waals surface area contributed by atoms with Crippen molar-refractivity contribution < 1.29 is 9.53 Å². The number of allylic oxidation sites excluding steroid dienone is 1. The van der Waals surface area contributed by atoms with Crippen molar-refractivity contribution in [3.05, 3.63) is 48.0 Å². The van der Waals surface area contributed by atoms with E-state index < -0.39 is 0 Å². The number of carbonyl (C=O) groups excluding carboxylic acids is 1. The van der Waals surface area contributed by atoms with E-state index in [0.717, 1.165) is 45.4 Å². The van der Waals surface area contributed by atoms with Gasteiger partial charge in [0.15, 0.2) is 0 Å². The Kier molecular flexibility index (Phi) is 6.32. The molecule has 1 atom stereocenters. The van der Waals surface area contributed by atoms with Gasteiger partial charge in [-0.3, -0.25) is 4.79 Å². The number of nitrogens with one attached hydrogen (secondary N) is 1. The molecule has 0 saturated carbocycles. The summed E-state index contributed by atoms with van der Waals surface area (Å²) in [7, 11) is 0. The van der Waals surface area contributed by atoms with Crippen LogP contribution in [-0.2, 0) is 16.0 Å². The quantitative estimate of drug-likeness (QED) is 0.613. The zero-order valence-electron chi connectivity index (χ0n) is 11.9. The number of unbranched alkanes of at least 4 members (excludes halogenated alkanes) is 1. The molecule has 3 nitrogen and oxygen atoms in total. The van der Waals surface area contributed by atoms with Crippen molar-refractivity contribution in [3.63, 3.8) is 0 Å². The Bertz CT molecular complexity index is 422. The fourth-order valence-electron chi connectivity index (χ4n) is 2.31. The highest BCUT2D eigenvalue weighted by molar-refractivity contribution is 5.87. The van der Waals surface area contributed by atoms with Crippen molar-refractivity contribution in [2.75, 3.05) is 19.8 Å². The minimum Gasteiger partial charge on any atom is -0.381 e. The van der Waals surface area contributed by atoms with Gasteiger partial charge < -0.3 is 10.1 Å². The van der Waals surface area contributed by atoms with Crippen molar-refractivity contribution in [2.45, 2.75) is 25.7 Å². The number of rotatable bonds is 7. The number of amides is 1. The number of hydrogen-bond donors (Lipinski definition) is 1. The molecule has 20 heavy (non-hydrogen) atoms. The van der Waals surface area contributed by atoms with Gasteiger partial charge in [-0.25, -0.2) is 0 Å². The fourth-order valence-corrected chi connectivity index (χ4v) is 2.31. The van der Waals surface area contributed by atoms with Crippen LogP contribution in [0.3, 0.4) is 0 Å². The summed E-state index contributed by atoms with van der Waals surface area (Å²) in [6.45, 7) is 2.34. The lowest BCUT2D eigenvalue weighted by atomic mass is 10.1. The molecule has 1 unspecified atom stereocenters. The number of ether oxygens (including phenoxy) is 1. The van der Waals surface area contributed by atoms with E-state index in [4.69, 9.17) is 4.74 Å². The largest absolute Gasteiger partial charge is 0.381 e. The molecular weight excluding hydrogens is 250 g/mol. The first-order valence-corrected chi connectivity index (χ1v) is 7.40. The molecule has 1 fully saturated rings. The van der Waals surface area contributed by atoms with Crippen LogP contribution in [0.1, 0.15) is 24.8 Å². The van der Waals surface area contributed by atoms with Crippen LogP contribution in [0.25, 0.3) is 0 Å². The van der Waals surface area contributed by atoms with Crippen LogP contribution in [0.4, 0.5) is 0 Å². The van der Waals surface area contributed by atoms with Gasteiger partial charge in [-0.1, -0.05) is 36.4 Å². The first-order chi connectivity index (χ1) is 9.84. The van der Waals surface area contributed by atoms with Crippen LogP contribution >= 0.6 is 0 Å². The molecule has 1 N–H and O–H groups in total. The highest BCUT2D eigenvalue weighted by Crippen LogP contribution is 2.10. The van der Waals surface area contributed by atoms with E-state index in [-0.39, 0.29) is 5.91 Å². The molecule has 1 saturated heterocycles. The zero-order chi connectivity index (χ0) is 14.0. The molecule has 1 amide bonds. The average Bonchev–Trinajstić information content (AvgIpc) is 2.99. The third-order valence-corrected chi connectivity index (χ3v) is 3.54. The zero-order valence-corrected chi connectivity index (χ0v) is 11.9. The standard InChI is InChI=1S/C17H23NO2/c19-17(18-13-16-11-12-20-14-16)10-6-2-5-9-15-7-3-1-4-8-15/h1,3-4,6-8,10,16H,2,5,9,11-14H2,(H,18,19). The second-order valence-corrected chi connectivity index (χ2v) is 5.25. The third-order valence-electron chi connectivity index (χ3n) is 3.54. The summed E-state index contributed by atoms with van der Waals surface area (Å²) in [5.74, 6) is 0.502. The Morgan fingerprint density at radius 1 is 1.35 bits per heavy atom. The minimum atomic E-state index is 0.0108. The van der Waals surface area contributed by atoms with Gasteiger partial charge in [-0.05, 0) is 37.3 Å². The Hall–Kier alpha value is -1.61. The Morgan fingerprint density at radius 2 is 2.20 bits per heavy atom. The van der Waals surface area contributed by atoms with Gasteiger partial charge in [0, 0.05) is 19.1 Å². The summed E-state index contributed by atoms with van der Waals surface area (Å²) < 4.78 is 5.28. The smallest absolute Gasteiger partial charge is 0.243 e. The Labute approximate surface area is 121 Å². The van der Waals surface area contributed by atoms with Crippen molar-refractivity contribution in [1.82, 2.24) is 5.32 Å². The lowest BCUT2D eigenvalue weighted by Gasteiger charge is -2.07. The van der Waals surface area contributed by atoms with Gasteiger partial charge in [0.05, 0.1) is 6.61 Å². The molecule has 1 aromatic carbocycles. The second-order valence-electron chi connectivity index (χ2n) is 5.25. The summed E-state index contributed by atoms with van der Waals surface area (Å²) in [5.41, 5.74) is 1.35. The molecule has 0 spiro atoms. The Balaban J connectivity index is 1.55. The molecule has 3 heteroatoms. The van der Waals surface area contributed by atoms with Gasteiger partial charge in [-0.2, -0.15) is 0 Å². The number of carbonyl (C=O) groups is 1. The van der Waals surface area contributed by atoms with Gasteiger partial charge in [0.1, 0.15) is 0 Å². The molecule has 1 aromatic rings. The van der Waals surface area contributed by atoms with Crippen molar-refractivity contribution in [3.8, 4) is 0 Å². The van der Waals surface area contributed by atoms with Crippen molar-refractivity contribution in [2.24, 2.45) is 5.92 Å². The van der Waals surface area contributed by atoms with Crippen LogP contribution in [0, 0.1) is 5.92 Å². The van der Waals surface area contributed by atoms with Crippen LogP contribution in [0.5, 0.6) is 0 Å². The highest BCUT2D eigenvalue weighted by atomic mass is 16.5.